The van der Waals surface area contributed by atoms with Crippen LogP contribution in [-0.4, -0.2) is 44.9 Å². The Morgan fingerprint density at radius 1 is 1.13 bits per heavy atom. The number of rotatable bonds is 5. The molecule has 2 fully saturated rings. The monoisotopic (exact) mass is 434 g/mol. The highest BCUT2D eigenvalue weighted by molar-refractivity contribution is 5.91. The van der Waals surface area contributed by atoms with Crippen molar-refractivity contribution in [1.29, 1.82) is 0 Å². The summed E-state index contributed by atoms with van der Waals surface area (Å²) in [5.41, 5.74) is -3.23. The predicted molar refractivity (Wildman–Crippen MR) is 112 cm³/mol. The zero-order valence-electron chi connectivity index (χ0n) is 19.2. The maximum atomic E-state index is 13.8. The number of ketones is 2. The van der Waals surface area contributed by atoms with Gasteiger partial charge < -0.3 is 15.3 Å². The lowest BCUT2D eigenvalue weighted by Crippen LogP contribution is -2.62. The Kier molecular flexibility index (Phi) is 5.33. The first kappa shape index (κ1) is 23.6. The molecule has 0 heterocycles. The van der Waals surface area contributed by atoms with Crippen LogP contribution in [0.4, 0.5) is 0 Å². The molecule has 0 spiro atoms. The molecule has 0 aromatic carbocycles. The van der Waals surface area contributed by atoms with Crippen molar-refractivity contribution in [1.82, 2.24) is 0 Å². The zero-order valence-corrected chi connectivity index (χ0v) is 19.2. The van der Waals surface area contributed by atoms with Gasteiger partial charge in [-0.25, -0.2) is 0 Å². The van der Waals surface area contributed by atoms with Crippen molar-refractivity contribution in [2.24, 2.45) is 39.4 Å². The van der Waals surface area contributed by atoms with Crippen LogP contribution >= 0.6 is 0 Å². The highest BCUT2D eigenvalue weighted by Gasteiger charge is 2.72. The Hall–Kier alpha value is -2.02. The fraction of sp³-hybridized carbons (Fsp3) is 0.750. The van der Waals surface area contributed by atoms with E-state index in [0.717, 1.165) is 0 Å². The number of carboxylic acids is 2. The summed E-state index contributed by atoms with van der Waals surface area (Å²) in [7, 11) is 0. The van der Waals surface area contributed by atoms with Crippen molar-refractivity contribution in [2.75, 3.05) is 0 Å². The minimum Gasteiger partial charge on any atom is -0.481 e. The van der Waals surface area contributed by atoms with Gasteiger partial charge in [0.25, 0.3) is 0 Å². The van der Waals surface area contributed by atoms with E-state index in [1.807, 2.05) is 19.9 Å². The average molecular weight is 435 g/mol. The molecule has 3 N–H and O–H groups in total. The second-order valence-corrected chi connectivity index (χ2v) is 11.1. The molecule has 7 nitrogen and oxygen atoms in total. The molecule has 3 rings (SSSR count). The molecule has 2 saturated carbocycles. The van der Waals surface area contributed by atoms with Crippen molar-refractivity contribution < 1.29 is 34.5 Å². The van der Waals surface area contributed by atoms with Crippen molar-refractivity contribution >= 4 is 23.5 Å². The highest BCUT2D eigenvalue weighted by atomic mass is 16.4. The van der Waals surface area contributed by atoms with E-state index >= 15 is 0 Å². The van der Waals surface area contributed by atoms with Crippen molar-refractivity contribution in [3.63, 3.8) is 0 Å². The van der Waals surface area contributed by atoms with Crippen LogP contribution in [0.3, 0.4) is 0 Å². The third-order valence-corrected chi connectivity index (χ3v) is 9.38. The fourth-order valence-corrected chi connectivity index (χ4v) is 7.48. The SMILES string of the molecule is CC(=O)[C@H]1[C@@H](O)C[C@@]2(C)[C@H]3CC=C(C(C)(C)C(=O)O)[C@H](CC(=O)O)[C@]3(C)C(=O)C[C@]12C. The molecule has 0 amide bonds. The number of hydrogen-bond acceptors (Lipinski definition) is 5. The third-order valence-electron chi connectivity index (χ3n) is 9.38. The summed E-state index contributed by atoms with van der Waals surface area (Å²) in [6.45, 7) is 10.2. The van der Waals surface area contributed by atoms with E-state index in [4.69, 9.17) is 0 Å². The van der Waals surface area contributed by atoms with Gasteiger partial charge in [-0.1, -0.05) is 32.4 Å². The first-order valence-corrected chi connectivity index (χ1v) is 10.9. The smallest absolute Gasteiger partial charge is 0.313 e. The van der Waals surface area contributed by atoms with E-state index in [9.17, 15) is 34.5 Å². The number of Topliss-reactive ketones (excluding diaryl/α,β-unsaturated/α-hetero) is 2. The maximum Gasteiger partial charge on any atom is 0.313 e. The van der Waals surface area contributed by atoms with Gasteiger partial charge in [-0.2, -0.15) is 0 Å². The first-order valence-electron chi connectivity index (χ1n) is 10.9. The van der Waals surface area contributed by atoms with Crippen LogP contribution in [0, 0.1) is 39.4 Å². The second-order valence-electron chi connectivity index (χ2n) is 11.1. The molecular weight excluding hydrogens is 400 g/mol. The van der Waals surface area contributed by atoms with Crippen LogP contribution in [-0.2, 0) is 19.2 Å². The molecule has 0 radical (unpaired) electrons. The quantitative estimate of drug-likeness (QED) is 0.567. The molecule has 7 heteroatoms. The van der Waals surface area contributed by atoms with E-state index in [-0.39, 0.29) is 30.3 Å². The number of aliphatic hydroxyl groups excluding tert-OH is 1. The van der Waals surface area contributed by atoms with E-state index in [2.05, 4.69) is 0 Å². The third kappa shape index (κ3) is 2.95. The molecule has 31 heavy (non-hydrogen) atoms. The maximum absolute atomic E-state index is 13.8. The number of allylic oxidation sites excluding steroid dienone is 1. The van der Waals surface area contributed by atoms with Gasteiger partial charge in [0.1, 0.15) is 11.6 Å². The lowest BCUT2D eigenvalue weighted by molar-refractivity contribution is -0.171. The number of aliphatic hydroxyl groups is 1. The van der Waals surface area contributed by atoms with Crippen LogP contribution in [0.15, 0.2) is 11.6 Å². The summed E-state index contributed by atoms with van der Waals surface area (Å²) < 4.78 is 0. The average Bonchev–Trinajstić information content (AvgIpc) is 2.81. The molecule has 0 unspecified atom stereocenters. The Labute approximate surface area is 182 Å². The van der Waals surface area contributed by atoms with Crippen LogP contribution < -0.4 is 0 Å². The minimum atomic E-state index is -1.31. The molecular formula is C24H34O7. The van der Waals surface area contributed by atoms with E-state index in [1.165, 1.54) is 6.92 Å². The van der Waals surface area contributed by atoms with Crippen molar-refractivity contribution in [2.45, 2.75) is 73.3 Å². The predicted octanol–water partition coefficient (Wildman–Crippen LogP) is 3.10. The molecule has 0 aromatic heterocycles. The normalized spacial score (nSPS) is 42.4. The van der Waals surface area contributed by atoms with Gasteiger partial charge >= 0.3 is 11.9 Å². The molecule has 0 aromatic rings. The molecule has 3 aliphatic rings. The minimum absolute atomic E-state index is 0.0642. The molecule has 172 valence electrons. The Morgan fingerprint density at radius 3 is 2.19 bits per heavy atom. The number of aliphatic carboxylic acids is 2. The first-order chi connectivity index (χ1) is 14.0. The number of carbonyl (C=O) groups excluding carboxylic acids is 2. The number of carboxylic acid groups (broad SMARTS) is 2. The van der Waals surface area contributed by atoms with Gasteiger partial charge in [0, 0.05) is 23.7 Å². The van der Waals surface area contributed by atoms with Crippen LogP contribution in [0.25, 0.3) is 0 Å². The molecule has 3 aliphatic carbocycles. The van der Waals surface area contributed by atoms with Gasteiger partial charge in [-0.3, -0.25) is 19.2 Å². The Morgan fingerprint density at radius 2 is 1.71 bits per heavy atom. The zero-order chi connectivity index (χ0) is 23.7. The summed E-state index contributed by atoms with van der Waals surface area (Å²) in [5, 5.41) is 30.3. The fourth-order valence-electron chi connectivity index (χ4n) is 7.48. The Bertz CT molecular complexity index is 886. The van der Waals surface area contributed by atoms with Gasteiger partial charge in [-0.05, 0) is 50.4 Å². The van der Waals surface area contributed by atoms with E-state index in [1.54, 1.807) is 20.8 Å². The molecule has 0 aliphatic heterocycles. The topological polar surface area (TPSA) is 129 Å². The van der Waals surface area contributed by atoms with Crippen LogP contribution in [0.2, 0.25) is 0 Å². The number of hydrogen-bond donors (Lipinski definition) is 3. The van der Waals surface area contributed by atoms with Gasteiger partial charge in [-0.15, -0.1) is 0 Å². The van der Waals surface area contributed by atoms with Crippen LogP contribution in [0.1, 0.15) is 67.2 Å². The summed E-state index contributed by atoms with van der Waals surface area (Å²) in [4.78, 5) is 50.1. The summed E-state index contributed by atoms with van der Waals surface area (Å²) >= 11 is 0. The molecule has 0 bridgehead atoms. The summed E-state index contributed by atoms with van der Waals surface area (Å²) in [6.07, 6.45) is 1.44. The second kappa shape index (κ2) is 6.99. The summed E-state index contributed by atoms with van der Waals surface area (Å²) in [5.74, 6) is -4.15. The van der Waals surface area contributed by atoms with Gasteiger partial charge in [0.2, 0.25) is 0 Å². The largest absolute Gasteiger partial charge is 0.481 e. The van der Waals surface area contributed by atoms with Crippen LogP contribution in [0.5, 0.6) is 0 Å². The van der Waals surface area contributed by atoms with Crippen molar-refractivity contribution in [3.05, 3.63) is 11.6 Å². The Balaban J connectivity index is 2.23. The number of fused-ring (bicyclic) bond motifs is 3. The lowest BCUT2D eigenvalue weighted by Gasteiger charge is -2.62. The van der Waals surface area contributed by atoms with Gasteiger partial charge in [0.15, 0.2) is 0 Å². The summed E-state index contributed by atoms with van der Waals surface area (Å²) in [6, 6.07) is 0. The van der Waals surface area contributed by atoms with E-state index < -0.39 is 51.5 Å². The standard InChI is InChI=1S/C24H34O7/c1-12(25)19-15(26)10-22(4)16-8-7-13(21(2,3)20(30)31)14(9-18(28)29)24(16,6)17(27)11-23(19,22)5/h7,14-16,19,26H,8-11H2,1-6H3,(H,28,29)(H,30,31)/t14-,15-,16+,19-,22-,23+,24-/m0/s1. The highest BCUT2D eigenvalue weighted by Crippen LogP contribution is 2.72. The van der Waals surface area contributed by atoms with E-state index in [0.29, 0.717) is 18.4 Å². The van der Waals surface area contributed by atoms with Crippen molar-refractivity contribution in [3.8, 4) is 0 Å². The number of carbonyl (C=O) groups is 4. The van der Waals surface area contributed by atoms with Gasteiger partial charge in [0.05, 0.1) is 17.9 Å². The molecule has 0 saturated heterocycles. The lowest BCUT2D eigenvalue weighted by atomic mass is 9.40. The molecule has 7 atom stereocenters.